The Morgan fingerprint density at radius 2 is 1.91 bits per heavy atom. The van der Waals surface area contributed by atoms with Crippen LogP contribution in [0.25, 0.3) is 0 Å². The molecule has 1 N–H and O–H groups in total. The summed E-state index contributed by atoms with van der Waals surface area (Å²) in [6.07, 6.45) is -0.330. The summed E-state index contributed by atoms with van der Waals surface area (Å²) >= 11 is 0. The maximum Gasteiger partial charge on any atom is 0.337 e. The van der Waals surface area contributed by atoms with Crippen LogP contribution in [0.1, 0.15) is 28.4 Å². The van der Waals surface area contributed by atoms with Crippen molar-refractivity contribution < 1.29 is 19.4 Å². The second-order valence-electron chi connectivity index (χ2n) is 5.52. The Balaban J connectivity index is 2.09. The second-order valence-corrected chi connectivity index (χ2v) is 5.52. The van der Waals surface area contributed by atoms with Crippen molar-refractivity contribution in [3.63, 3.8) is 0 Å². The predicted molar refractivity (Wildman–Crippen MR) is 88.9 cm³/mol. The number of methoxy groups -OCH3 is 1. The number of carbonyl (C=O) groups is 1. The van der Waals surface area contributed by atoms with Crippen molar-refractivity contribution in [2.45, 2.75) is 26.4 Å². The van der Waals surface area contributed by atoms with Crippen LogP contribution in [0.2, 0.25) is 0 Å². The van der Waals surface area contributed by atoms with Gasteiger partial charge in [-0.15, -0.1) is 0 Å². The van der Waals surface area contributed by atoms with Gasteiger partial charge < -0.3 is 14.6 Å². The van der Waals surface area contributed by atoms with E-state index in [-0.39, 0.29) is 0 Å². The Morgan fingerprint density at radius 1 is 1.17 bits per heavy atom. The van der Waals surface area contributed by atoms with Gasteiger partial charge in [0.05, 0.1) is 6.61 Å². The molecule has 4 heteroatoms. The molecule has 0 saturated carbocycles. The molecule has 2 aromatic carbocycles. The van der Waals surface area contributed by atoms with Crippen molar-refractivity contribution in [3.05, 3.63) is 64.7 Å². The number of carboxylic acid groups (broad SMARTS) is 1. The number of aryl methyl sites for hydroxylation is 2. The lowest BCUT2D eigenvalue weighted by Crippen LogP contribution is -2.16. The third-order valence-corrected chi connectivity index (χ3v) is 3.77. The van der Waals surface area contributed by atoms with Crippen molar-refractivity contribution in [2.75, 3.05) is 13.7 Å². The van der Waals surface area contributed by atoms with Crippen molar-refractivity contribution in [1.82, 2.24) is 0 Å². The second kappa shape index (κ2) is 7.79. The maximum atomic E-state index is 11.3. The molecule has 0 aliphatic carbocycles. The Kier molecular flexibility index (Phi) is 5.77. The smallest absolute Gasteiger partial charge is 0.337 e. The highest BCUT2D eigenvalue weighted by molar-refractivity contribution is 5.75. The van der Waals surface area contributed by atoms with Crippen molar-refractivity contribution in [2.24, 2.45) is 0 Å². The number of hydrogen-bond acceptors (Lipinski definition) is 3. The molecule has 0 radical (unpaired) electrons. The lowest BCUT2D eigenvalue weighted by atomic mass is 10.00. The Morgan fingerprint density at radius 3 is 2.61 bits per heavy atom. The average Bonchev–Trinajstić information content (AvgIpc) is 2.52. The van der Waals surface area contributed by atoms with Crippen LogP contribution in [-0.4, -0.2) is 24.8 Å². The monoisotopic (exact) mass is 314 g/mol. The fraction of sp³-hybridized carbons (Fsp3) is 0.316. The number of ether oxygens (including phenoxy) is 2. The minimum absolute atomic E-state index is 0.483. The van der Waals surface area contributed by atoms with Crippen molar-refractivity contribution >= 4 is 5.97 Å². The Bertz CT molecular complexity index is 679. The standard InChI is InChI=1S/C19H22O4/c1-13-8-9-14(2)17(12-13)23-11-10-15-6-4-5-7-16(15)18(22-3)19(20)21/h4-9,12,18H,10-11H2,1-3H3,(H,20,21). The van der Waals surface area contributed by atoms with Gasteiger partial charge in [0.2, 0.25) is 0 Å². The minimum atomic E-state index is -0.990. The van der Waals surface area contributed by atoms with Crippen LogP contribution in [0.4, 0.5) is 0 Å². The highest BCUT2D eigenvalue weighted by atomic mass is 16.5. The van der Waals surface area contributed by atoms with E-state index >= 15 is 0 Å². The molecule has 2 rings (SSSR count). The summed E-state index contributed by atoms with van der Waals surface area (Å²) in [5.41, 5.74) is 3.83. The zero-order valence-corrected chi connectivity index (χ0v) is 13.7. The Labute approximate surface area is 136 Å². The van der Waals surface area contributed by atoms with E-state index in [0.29, 0.717) is 18.6 Å². The van der Waals surface area contributed by atoms with Crippen molar-refractivity contribution in [1.29, 1.82) is 0 Å². The van der Waals surface area contributed by atoms with Gasteiger partial charge in [0.1, 0.15) is 5.75 Å². The molecule has 0 aliphatic rings. The summed E-state index contributed by atoms with van der Waals surface area (Å²) in [5.74, 6) is -0.126. The molecule has 23 heavy (non-hydrogen) atoms. The van der Waals surface area contributed by atoms with Gasteiger partial charge in [-0.05, 0) is 42.2 Å². The summed E-state index contributed by atoms with van der Waals surface area (Å²) < 4.78 is 11.0. The van der Waals surface area contributed by atoms with E-state index in [1.165, 1.54) is 7.11 Å². The van der Waals surface area contributed by atoms with Crippen LogP contribution in [-0.2, 0) is 16.0 Å². The van der Waals surface area contributed by atoms with Crippen LogP contribution in [0, 0.1) is 13.8 Å². The van der Waals surface area contributed by atoms with E-state index in [1.54, 1.807) is 6.07 Å². The Hall–Kier alpha value is -2.33. The van der Waals surface area contributed by atoms with Gasteiger partial charge >= 0.3 is 5.97 Å². The highest BCUT2D eigenvalue weighted by Crippen LogP contribution is 2.23. The SMILES string of the molecule is COC(C(=O)O)c1ccccc1CCOc1cc(C)ccc1C. The van der Waals surface area contributed by atoms with E-state index in [2.05, 4.69) is 0 Å². The first kappa shape index (κ1) is 17.0. The number of hydrogen-bond donors (Lipinski definition) is 1. The van der Waals surface area contributed by atoms with Gasteiger partial charge in [-0.2, -0.15) is 0 Å². The zero-order valence-electron chi connectivity index (χ0n) is 13.7. The van der Waals surface area contributed by atoms with Crippen LogP contribution < -0.4 is 4.74 Å². The molecule has 1 atom stereocenters. The summed E-state index contributed by atoms with van der Waals surface area (Å²) in [6, 6.07) is 13.5. The van der Waals surface area contributed by atoms with Gasteiger partial charge in [0.15, 0.2) is 6.10 Å². The topological polar surface area (TPSA) is 55.8 Å². The van der Waals surface area contributed by atoms with Crippen LogP contribution in [0.15, 0.2) is 42.5 Å². The number of rotatable bonds is 7. The van der Waals surface area contributed by atoms with Gasteiger partial charge in [0.25, 0.3) is 0 Å². The highest BCUT2D eigenvalue weighted by Gasteiger charge is 2.21. The molecule has 0 saturated heterocycles. The number of benzene rings is 2. The molecule has 0 spiro atoms. The first-order valence-electron chi connectivity index (χ1n) is 7.56. The molecular weight excluding hydrogens is 292 g/mol. The normalized spacial score (nSPS) is 12.0. The molecule has 0 bridgehead atoms. The molecular formula is C19H22O4. The number of carboxylic acids is 1. The number of aliphatic carboxylic acids is 1. The quantitative estimate of drug-likeness (QED) is 0.846. The largest absolute Gasteiger partial charge is 0.493 e. The molecule has 0 amide bonds. The maximum absolute atomic E-state index is 11.3. The van der Waals surface area contributed by atoms with Crippen LogP contribution in [0.3, 0.4) is 0 Å². The van der Waals surface area contributed by atoms with Crippen LogP contribution in [0.5, 0.6) is 5.75 Å². The van der Waals surface area contributed by atoms with Gasteiger partial charge in [0, 0.05) is 13.5 Å². The van der Waals surface area contributed by atoms with Crippen molar-refractivity contribution in [3.8, 4) is 5.75 Å². The van der Waals surface area contributed by atoms with Gasteiger partial charge in [-0.25, -0.2) is 4.79 Å². The first-order valence-corrected chi connectivity index (χ1v) is 7.56. The van der Waals surface area contributed by atoms with E-state index in [1.807, 2.05) is 50.2 Å². The minimum Gasteiger partial charge on any atom is -0.493 e. The molecule has 2 aromatic rings. The molecule has 4 nitrogen and oxygen atoms in total. The summed E-state index contributed by atoms with van der Waals surface area (Å²) in [4.78, 5) is 11.3. The average molecular weight is 314 g/mol. The summed E-state index contributed by atoms with van der Waals surface area (Å²) in [7, 11) is 1.40. The first-order chi connectivity index (χ1) is 11.0. The third-order valence-electron chi connectivity index (χ3n) is 3.77. The molecule has 1 unspecified atom stereocenters. The molecule has 0 heterocycles. The summed E-state index contributed by atoms with van der Waals surface area (Å²) in [6.45, 7) is 4.52. The third kappa shape index (κ3) is 4.33. The molecule has 0 aromatic heterocycles. The fourth-order valence-electron chi connectivity index (χ4n) is 2.51. The van der Waals surface area contributed by atoms with E-state index in [9.17, 15) is 9.90 Å². The van der Waals surface area contributed by atoms with Gasteiger partial charge in [-0.3, -0.25) is 0 Å². The van der Waals surface area contributed by atoms with E-state index in [4.69, 9.17) is 9.47 Å². The predicted octanol–water partition coefficient (Wildman–Crippen LogP) is 3.70. The lowest BCUT2D eigenvalue weighted by molar-refractivity contribution is -0.148. The van der Waals surface area contributed by atoms with E-state index < -0.39 is 12.1 Å². The molecule has 0 aliphatic heterocycles. The fourth-order valence-corrected chi connectivity index (χ4v) is 2.51. The zero-order chi connectivity index (χ0) is 16.8. The van der Waals surface area contributed by atoms with E-state index in [0.717, 1.165) is 22.4 Å². The lowest BCUT2D eigenvalue weighted by Gasteiger charge is -2.16. The van der Waals surface area contributed by atoms with Crippen LogP contribution >= 0.6 is 0 Å². The summed E-state index contributed by atoms with van der Waals surface area (Å²) in [5, 5.41) is 9.27. The van der Waals surface area contributed by atoms with Gasteiger partial charge in [-0.1, -0.05) is 36.4 Å². The molecule has 122 valence electrons. The molecule has 0 fully saturated rings.